The van der Waals surface area contributed by atoms with Crippen molar-refractivity contribution in [2.24, 2.45) is 17.6 Å². The average Bonchev–Trinajstić information content (AvgIpc) is 3.35. The van der Waals surface area contributed by atoms with Crippen LogP contribution in [0.5, 0.6) is 5.75 Å². The molecule has 38 heavy (non-hydrogen) atoms. The number of ketones is 2. The monoisotopic (exact) mass is 539 g/mol. The Bertz CT molecular complexity index is 1460. The fraction of sp³-hybridized carbons (Fsp3) is 0.370. The number of amides is 1. The number of carbonyl (C=O) groups excluding carboxylic acids is 3. The molecule has 3 aliphatic carbocycles. The average molecular weight is 540 g/mol. The van der Waals surface area contributed by atoms with Crippen LogP contribution in [0.25, 0.3) is 10.4 Å². The molecule has 1 heterocycles. The lowest BCUT2D eigenvalue weighted by Gasteiger charge is -2.50. The number of carbonyl (C=O) groups is 3. The number of anilines is 1. The quantitative estimate of drug-likeness (QED) is 0.365. The highest BCUT2D eigenvalue weighted by molar-refractivity contribution is 7.13. The van der Waals surface area contributed by atoms with Crippen molar-refractivity contribution >= 4 is 34.5 Å². The van der Waals surface area contributed by atoms with Crippen LogP contribution in [-0.4, -0.2) is 82.6 Å². The van der Waals surface area contributed by atoms with Gasteiger partial charge in [-0.15, -0.1) is 11.3 Å². The maximum Gasteiger partial charge on any atom is 0.255 e. The van der Waals surface area contributed by atoms with Gasteiger partial charge in [0.15, 0.2) is 11.4 Å². The van der Waals surface area contributed by atoms with Gasteiger partial charge in [-0.05, 0) is 55.9 Å². The molecule has 0 aliphatic heterocycles. The van der Waals surface area contributed by atoms with E-state index in [1.54, 1.807) is 14.1 Å². The third-order valence-corrected chi connectivity index (χ3v) is 8.87. The molecule has 0 fully saturated rings. The van der Waals surface area contributed by atoms with E-state index in [-0.39, 0.29) is 29.7 Å². The van der Waals surface area contributed by atoms with E-state index >= 15 is 0 Å². The van der Waals surface area contributed by atoms with Crippen molar-refractivity contribution < 1.29 is 34.8 Å². The van der Waals surface area contributed by atoms with Gasteiger partial charge in [-0.25, -0.2) is 0 Å². The van der Waals surface area contributed by atoms with Crippen LogP contribution in [0.4, 0.5) is 5.69 Å². The Hall–Kier alpha value is -3.67. The summed E-state index contributed by atoms with van der Waals surface area (Å²) < 4.78 is 0. The number of fused-ring (bicyclic) bond motifs is 3. The number of thiophene rings is 1. The van der Waals surface area contributed by atoms with E-state index in [1.807, 2.05) is 42.6 Å². The number of Topliss-reactive ketones (excluding diaryl/α,β-unsaturated/α-hetero) is 2. The SMILES string of the molecule is CN(C)c1cc(-c2cccs2)c(O)c2c1C[C@@H]1C[C@@H]3[C@@H](N(C)C)C(O)=C(C(N)=O)C(=O)[C@@]3(O)C(O)=C1C2=O. The van der Waals surface area contributed by atoms with Crippen molar-refractivity contribution in [2.45, 2.75) is 24.5 Å². The van der Waals surface area contributed by atoms with Gasteiger partial charge in [-0.2, -0.15) is 0 Å². The summed E-state index contributed by atoms with van der Waals surface area (Å²) in [5.74, 6) is -6.59. The van der Waals surface area contributed by atoms with Crippen LogP contribution in [0.15, 0.2) is 46.2 Å². The van der Waals surface area contributed by atoms with Crippen LogP contribution >= 0.6 is 11.3 Å². The van der Waals surface area contributed by atoms with E-state index in [0.717, 1.165) is 10.6 Å². The number of nitrogens with two attached hydrogens (primary N) is 1. The Morgan fingerprint density at radius 2 is 1.84 bits per heavy atom. The lowest BCUT2D eigenvalue weighted by molar-refractivity contribution is -0.148. The van der Waals surface area contributed by atoms with Crippen molar-refractivity contribution in [1.29, 1.82) is 0 Å². The number of aromatic hydroxyl groups is 1. The Labute approximate surface area is 222 Å². The smallest absolute Gasteiger partial charge is 0.255 e. The Kier molecular flexibility index (Phi) is 5.93. The van der Waals surface area contributed by atoms with E-state index in [9.17, 15) is 34.8 Å². The molecule has 0 saturated heterocycles. The number of hydrogen-bond donors (Lipinski definition) is 5. The maximum absolute atomic E-state index is 14.0. The predicted molar refractivity (Wildman–Crippen MR) is 141 cm³/mol. The molecule has 6 N–H and O–H groups in total. The molecule has 0 unspecified atom stereocenters. The van der Waals surface area contributed by atoms with Gasteiger partial charge in [-0.1, -0.05) is 6.07 Å². The third kappa shape index (κ3) is 3.35. The number of primary amides is 1. The summed E-state index contributed by atoms with van der Waals surface area (Å²) >= 11 is 1.39. The number of benzene rings is 1. The zero-order valence-electron chi connectivity index (χ0n) is 21.3. The molecule has 11 heteroatoms. The van der Waals surface area contributed by atoms with Crippen LogP contribution in [0.2, 0.25) is 0 Å². The van der Waals surface area contributed by atoms with Gasteiger partial charge in [0.25, 0.3) is 5.91 Å². The van der Waals surface area contributed by atoms with Crippen molar-refractivity contribution in [3.05, 3.63) is 57.4 Å². The minimum Gasteiger partial charge on any atom is -0.510 e. The van der Waals surface area contributed by atoms with Crippen LogP contribution < -0.4 is 10.6 Å². The largest absolute Gasteiger partial charge is 0.510 e. The van der Waals surface area contributed by atoms with Gasteiger partial charge in [0, 0.05) is 41.7 Å². The number of likely N-dealkylation sites (N-methyl/N-ethyl adjacent to an activating group) is 1. The number of hydrogen-bond acceptors (Lipinski definition) is 10. The Balaban J connectivity index is 1.76. The number of phenolic OH excluding ortho intramolecular Hbond substituents is 1. The van der Waals surface area contributed by atoms with Gasteiger partial charge in [0.2, 0.25) is 5.78 Å². The second kappa shape index (κ2) is 8.69. The van der Waals surface area contributed by atoms with Gasteiger partial charge >= 0.3 is 0 Å². The first-order chi connectivity index (χ1) is 17.8. The second-order valence-corrected chi connectivity index (χ2v) is 11.4. The van der Waals surface area contributed by atoms with E-state index in [1.165, 1.54) is 16.2 Å². The van der Waals surface area contributed by atoms with Crippen LogP contribution in [0.1, 0.15) is 22.3 Å². The van der Waals surface area contributed by atoms with E-state index in [4.69, 9.17) is 5.73 Å². The van der Waals surface area contributed by atoms with Crippen molar-refractivity contribution in [2.75, 3.05) is 33.1 Å². The standard InChI is InChI=1S/C27H29N3O7S/c1-29(2)15-10-13(16-6-5-7-38-16)21(31)18-12(15)8-11-9-14-20(30(3)4)23(33)19(26(28)36)25(35)27(14,37)24(34)17(11)22(18)32/h5-7,10-11,14,20,31,33-34,37H,8-9H2,1-4H3,(H2,28,36)/t11-,14-,20-,27+/m1/s1. The molecular weight excluding hydrogens is 510 g/mol. The molecule has 0 spiro atoms. The lowest BCUT2D eigenvalue weighted by atomic mass is 9.58. The fourth-order valence-electron chi connectivity index (χ4n) is 6.32. The molecule has 2 aromatic rings. The summed E-state index contributed by atoms with van der Waals surface area (Å²) in [6.07, 6.45) is 0.284. The first kappa shape index (κ1) is 26.0. The zero-order valence-corrected chi connectivity index (χ0v) is 22.2. The lowest BCUT2D eigenvalue weighted by Crippen LogP contribution is -2.63. The molecule has 4 atom stereocenters. The number of aliphatic hydroxyl groups excluding tert-OH is 2. The highest BCUT2D eigenvalue weighted by atomic mass is 32.1. The summed E-state index contributed by atoms with van der Waals surface area (Å²) in [4.78, 5) is 43.7. The van der Waals surface area contributed by atoms with Crippen LogP contribution in [0, 0.1) is 11.8 Å². The number of aliphatic hydroxyl groups is 3. The molecule has 1 aromatic heterocycles. The molecule has 10 nitrogen and oxygen atoms in total. The summed E-state index contributed by atoms with van der Waals surface area (Å²) in [7, 11) is 6.85. The molecule has 1 amide bonds. The number of nitrogens with zero attached hydrogens (tertiary/aromatic N) is 2. The Morgan fingerprint density at radius 1 is 1.16 bits per heavy atom. The highest BCUT2D eigenvalue weighted by Gasteiger charge is 2.63. The molecule has 5 rings (SSSR count). The van der Waals surface area contributed by atoms with E-state index < -0.39 is 58.0 Å². The molecule has 200 valence electrons. The van der Waals surface area contributed by atoms with Gasteiger partial charge in [0.05, 0.1) is 11.6 Å². The number of phenols is 1. The molecule has 1 aromatic carbocycles. The summed E-state index contributed by atoms with van der Waals surface area (Å²) in [5.41, 5.74) is 3.49. The molecule has 0 radical (unpaired) electrons. The number of rotatable bonds is 4. The van der Waals surface area contributed by atoms with Gasteiger partial charge < -0.3 is 31.1 Å². The first-order valence-electron chi connectivity index (χ1n) is 12.1. The summed E-state index contributed by atoms with van der Waals surface area (Å²) in [6.45, 7) is 0. The van der Waals surface area contributed by atoms with Crippen molar-refractivity contribution in [3.8, 4) is 16.2 Å². The van der Waals surface area contributed by atoms with Crippen molar-refractivity contribution in [3.63, 3.8) is 0 Å². The minimum absolute atomic E-state index is 0.000354. The second-order valence-electron chi connectivity index (χ2n) is 10.5. The third-order valence-electron chi connectivity index (χ3n) is 7.97. The van der Waals surface area contributed by atoms with Gasteiger partial charge in [0.1, 0.15) is 22.8 Å². The molecule has 0 bridgehead atoms. The highest BCUT2D eigenvalue weighted by Crippen LogP contribution is 2.54. The first-order valence-corrected chi connectivity index (χ1v) is 12.9. The molecule has 3 aliphatic rings. The number of allylic oxidation sites excluding steroid dienone is 1. The molecule has 0 saturated carbocycles. The fourth-order valence-corrected chi connectivity index (χ4v) is 7.06. The summed E-state index contributed by atoms with van der Waals surface area (Å²) in [6, 6.07) is 4.44. The maximum atomic E-state index is 14.0. The normalized spacial score (nSPS) is 26.8. The van der Waals surface area contributed by atoms with Crippen LogP contribution in [-0.2, 0) is 16.0 Å². The topological polar surface area (TPSA) is 165 Å². The molecular formula is C27H29N3O7S. The zero-order chi connectivity index (χ0) is 27.8. The minimum atomic E-state index is -2.66. The van der Waals surface area contributed by atoms with Crippen molar-refractivity contribution in [1.82, 2.24) is 4.90 Å². The van der Waals surface area contributed by atoms with E-state index in [0.29, 0.717) is 11.1 Å². The van der Waals surface area contributed by atoms with E-state index in [2.05, 4.69) is 0 Å². The Morgan fingerprint density at radius 3 is 2.39 bits per heavy atom. The predicted octanol–water partition coefficient (Wildman–Crippen LogP) is 1.92. The van der Waals surface area contributed by atoms with Crippen LogP contribution in [0.3, 0.4) is 0 Å². The summed E-state index contributed by atoms with van der Waals surface area (Å²) in [5, 5.41) is 47.2. The van der Waals surface area contributed by atoms with Gasteiger partial charge in [-0.3, -0.25) is 19.3 Å².